The minimum Gasteiger partial charge on any atom is -0.490 e. The molecule has 0 spiro atoms. The molecule has 0 radical (unpaired) electrons. The van der Waals surface area contributed by atoms with Gasteiger partial charge in [-0.05, 0) is 61.7 Å². The van der Waals surface area contributed by atoms with E-state index in [0.29, 0.717) is 23.9 Å². The normalized spacial score (nSPS) is 21.9. The molecule has 10 heteroatoms. The van der Waals surface area contributed by atoms with Crippen molar-refractivity contribution >= 4 is 43.5 Å². The van der Waals surface area contributed by atoms with E-state index >= 15 is 0 Å². The molecule has 7 nitrogen and oxygen atoms in total. The molecule has 0 aliphatic carbocycles. The number of piperidine rings is 1. The summed E-state index contributed by atoms with van der Waals surface area (Å²) in [6.45, 7) is 1.85. The number of sulfonamides is 1. The maximum absolute atomic E-state index is 13.4. The summed E-state index contributed by atoms with van der Waals surface area (Å²) in [7, 11) is -3.77. The molecule has 2 aliphatic heterocycles. The first-order valence-corrected chi connectivity index (χ1v) is 13.9. The first-order chi connectivity index (χ1) is 16.3. The van der Waals surface area contributed by atoms with E-state index in [-0.39, 0.29) is 43.5 Å². The van der Waals surface area contributed by atoms with Gasteiger partial charge in [-0.15, -0.1) is 0 Å². The fraction of sp³-hybridized carbons (Fsp3) is 0.458. The maximum atomic E-state index is 13.4. The van der Waals surface area contributed by atoms with E-state index in [9.17, 15) is 13.2 Å². The molecule has 2 fully saturated rings. The summed E-state index contributed by atoms with van der Waals surface area (Å²) in [5.74, 6) is 0.492. The molecule has 2 heterocycles. The topological polar surface area (TPSA) is 76.1 Å². The highest BCUT2D eigenvalue weighted by Gasteiger charge is 2.44. The number of ether oxygens (including phenoxy) is 2. The number of hydrogen-bond donors (Lipinski definition) is 0. The largest absolute Gasteiger partial charge is 0.490 e. The highest BCUT2D eigenvalue weighted by atomic mass is 79.9. The number of morpholine rings is 1. The fourth-order valence-electron chi connectivity index (χ4n) is 4.32. The highest BCUT2D eigenvalue weighted by Crippen LogP contribution is 2.30. The van der Waals surface area contributed by atoms with Crippen molar-refractivity contribution in [2.24, 2.45) is 0 Å². The van der Waals surface area contributed by atoms with Gasteiger partial charge in [0, 0.05) is 35.7 Å². The monoisotopic (exact) mass is 570 g/mol. The van der Waals surface area contributed by atoms with Gasteiger partial charge in [0.05, 0.1) is 17.9 Å². The summed E-state index contributed by atoms with van der Waals surface area (Å²) in [4.78, 5) is 15.2. The second-order valence-corrected chi connectivity index (χ2v) is 12.0. The van der Waals surface area contributed by atoms with Gasteiger partial charge in [-0.3, -0.25) is 4.79 Å². The van der Waals surface area contributed by atoms with Crippen LogP contribution in [0.5, 0.6) is 5.75 Å². The van der Waals surface area contributed by atoms with Crippen LogP contribution in [0, 0.1) is 0 Å². The average molecular weight is 572 g/mol. The third-order valence-corrected chi connectivity index (χ3v) is 8.77. The Balaban J connectivity index is 1.58. The number of amides is 1. The minimum atomic E-state index is -3.77. The van der Waals surface area contributed by atoms with Gasteiger partial charge in [-0.1, -0.05) is 33.6 Å². The highest BCUT2D eigenvalue weighted by molar-refractivity contribution is 9.10. The molecule has 2 saturated heterocycles. The van der Waals surface area contributed by atoms with Gasteiger partial charge in [-0.25, -0.2) is 8.42 Å². The SMILES string of the molecule is O=C(CC1(COc2cccc(Cl)c2)CN(S(=O)(=O)c2ccc(Br)cc2)CCO1)N1CCCCC1. The first kappa shape index (κ1) is 25.4. The lowest BCUT2D eigenvalue weighted by Gasteiger charge is -2.42. The van der Waals surface area contributed by atoms with Crippen molar-refractivity contribution < 1.29 is 22.7 Å². The van der Waals surface area contributed by atoms with Crippen molar-refractivity contribution in [2.45, 2.75) is 36.2 Å². The predicted molar refractivity (Wildman–Crippen MR) is 134 cm³/mol. The lowest BCUT2D eigenvalue weighted by atomic mass is 9.97. The van der Waals surface area contributed by atoms with Crippen LogP contribution in [0.3, 0.4) is 0 Å². The number of carbonyl (C=O) groups is 1. The number of halogens is 2. The zero-order valence-corrected chi connectivity index (χ0v) is 21.9. The second kappa shape index (κ2) is 11.0. The van der Waals surface area contributed by atoms with E-state index in [2.05, 4.69) is 15.9 Å². The molecule has 1 atom stereocenters. The predicted octanol–water partition coefficient (Wildman–Crippen LogP) is 4.34. The number of hydrogen-bond acceptors (Lipinski definition) is 5. The van der Waals surface area contributed by atoms with E-state index in [1.807, 2.05) is 4.90 Å². The minimum absolute atomic E-state index is 0.0194. The maximum Gasteiger partial charge on any atom is 0.243 e. The van der Waals surface area contributed by atoms with Crippen LogP contribution in [0.4, 0.5) is 0 Å². The van der Waals surface area contributed by atoms with Crippen molar-refractivity contribution in [1.82, 2.24) is 9.21 Å². The second-order valence-electron chi connectivity index (χ2n) is 8.69. The molecule has 0 N–H and O–H groups in total. The van der Waals surface area contributed by atoms with Crippen molar-refractivity contribution in [3.8, 4) is 5.75 Å². The van der Waals surface area contributed by atoms with Crippen molar-refractivity contribution in [3.05, 3.63) is 58.0 Å². The summed E-state index contributed by atoms with van der Waals surface area (Å²) >= 11 is 9.43. The molecule has 184 valence electrons. The van der Waals surface area contributed by atoms with Gasteiger partial charge in [-0.2, -0.15) is 4.31 Å². The van der Waals surface area contributed by atoms with Crippen LogP contribution in [0.2, 0.25) is 5.02 Å². The Kier molecular flexibility index (Phi) is 8.20. The summed E-state index contributed by atoms with van der Waals surface area (Å²) < 4.78 is 41.1. The molecule has 0 aromatic heterocycles. The molecule has 34 heavy (non-hydrogen) atoms. The van der Waals surface area contributed by atoms with Crippen LogP contribution in [0.25, 0.3) is 0 Å². The molecule has 0 bridgehead atoms. The number of carbonyl (C=O) groups excluding carboxylic acids is 1. The molecule has 2 aromatic carbocycles. The third kappa shape index (κ3) is 6.12. The van der Waals surface area contributed by atoms with Crippen LogP contribution in [-0.2, 0) is 19.6 Å². The molecule has 4 rings (SSSR count). The standard InChI is InChI=1S/C24H28BrClN2O5S/c25-19-7-9-22(10-8-19)34(30,31)28-13-14-33-24(17-28,16-23(29)27-11-2-1-3-12-27)18-32-21-6-4-5-20(26)15-21/h4-10,15H,1-3,11-14,16-18H2. The van der Waals surface area contributed by atoms with Crippen LogP contribution in [-0.4, -0.2) is 68.5 Å². The zero-order chi connectivity index (χ0) is 24.2. The van der Waals surface area contributed by atoms with Gasteiger partial charge in [0.1, 0.15) is 18.0 Å². The summed E-state index contributed by atoms with van der Waals surface area (Å²) in [5.41, 5.74) is -1.11. The van der Waals surface area contributed by atoms with Gasteiger partial charge < -0.3 is 14.4 Å². The lowest BCUT2D eigenvalue weighted by Crippen LogP contribution is -2.58. The summed E-state index contributed by atoms with van der Waals surface area (Å²) in [6.07, 6.45) is 3.10. The smallest absolute Gasteiger partial charge is 0.243 e. The first-order valence-electron chi connectivity index (χ1n) is 11.3. The van der Waals surface area contributed by atoms with Crippen molar-refractivity contribution in [1.29, 1.82) is 0 Å². The quantitative estimate of drug-likeness (QED) is 0.494. The molecule has 1 amide bonds. The molecule has 2 aromatic rings. The Morgan fingerprint density at radius 1 is 1.09 bits per heavy atom. The van der Waals surface area contributed by atoms with Crippen molar-refractivity contribution in [3.63, 3.8) is 0 Å². The van der Waals surface area contributed by atoms with E-state index in [1.165, 1.54) is 4.31 Å². The van der Waals surface area contributed by atoms with Crippen LogP contribution in [0.1, 0.15) is 25.7 Å². The molecule has 1 unspecified atom stereocenters. The summed E-state index contributed by atoms with van der Waals surface area (Å²) in [5, 5.41) is 0.528. The van der Waals surface area contributed by atoms with Crippen LogP contribution >= 0.6 is 27.5 Å². The fourth-order valence-corrected chi connectivity index (χ4v) is 6.26. The Morgan fingerprint density at radius 2 is 1.82 bits per heavy atom. The molecular formula is C24H28BrClN2O5S. The Bertz CT molecular complexity index is 1110. The number of likely N-dealkylation sites (tertiary alicyclic amines) is 1. The van der Waals surface area contributed by atoms with Crippen LogP contribution < -0.4 is 4.74 Å². The molecular weight excluding hydrogens is 544 g/mol. The Hall–Kier alpha value is -1.65. The van der Waals surface area contributed by atoms with Gasteiger partial charge >= 0.3 is 0 Å². The van der Waals surface area contributed by atoms with E-state index in [0.717, 1.165) is 23.7 Å². The summed E-state index contributed by atoms with van der Waals surface area (Å²) in [6, 6.07) is 13.5. The molecule has 2 aliphatic rings. The van der Waals surface area contributed by atoms with E-state index in [4.69, 9.17) is 21.1 Å². The lowest BCUT2D eigenvalue weighted by molar-refractivity contribution is -0.151. The van der Waals surface area contributed by atoms with Gasteiger partial charge in [0.15, 0.2) is 0 Å². The van der Waals surface area contributed by atoms with E-state index in [1.54, 1.807) is 48.5 Å². The van der Waals surface area contributed by atoms with Gasteiger partial charge in [0.25, 0.3) is 0 Å². The zero-order valence-electron chi connectivity index (χ0n) is 18.8. The Morgan fingerprint density at radius 3 is 2.53 bits per heavy atom. The third-order valence-electron chi connectivity index (χ3n) is 6.14. The van der Waals surface area contributed by atoms with Gasteiger partial charge in [0.2, 0.25) is 15.9 Å². The number of rotatable bonds is 7. The number of nitrogens with zero attached hydrogens (tertiary/aromatic N) is 2. The van der Waals surface area contributed by atoms with Crippen molar-refractivity contribution in [2.75, 3.05) is 39.4 Å². The van der Waals surface area contributed by atoms with E-state index < -0.39 is 15.6 Å². The van der Waals surface area contributed by atoms with Crippen LogP contribution in [0.15, 0.2) is 57.9 Å². The molecule has 0 saturated carbocycles. The average Bonchev–Trinajstić information content (AvgIpc) is 2.84. The number of benzene rings is 2. The Labute approximate surface area is 214 Å².